The van der Waals surface area contributed by atoms with Crippen LogP contribution in [0.5, 0.6) is 5.75 Å². The molecule has 0 bridgehead atoms. The number of esters is 1. The zero-order valence-corrected chi connectivity index (χ0v) is 21.8. The number of epoxide rings is 1. The molecule has 1 aliphatic rings. The number of halogens is 1. The van der Waals surface area contributed by atoms with Crippen LogP contribution in [0.15, 0.2) is 48.5 Å². The summed E-state index contributed by atoms with van der Waals surface area (Å²) < 4.78 is 30.0. The first-order chi connectivity index (χ1) is 15.9. The van der Waals surface area contributed by atoms with Crippen molar-refractivity contribution in [2.75, 3.05) is 46.2 Å². The van der Waals surface area contributed by atoms with Crippen LogP contribution < -0.4 is 25.9 Å². The number of carbonyl (C=O) groups is 1. The third-order valence-electron chi connectivity index (χ3n) is 4.79. The van der Waals surface area contributed by atoms with Crippen LogP contribution in [0.3, 0.4) is 0 Å². The van der Waals surface area contributed by atoms with Crippen molar-refractivity contribution in [3.63, 3.8) is 0 Å². The third-order valence-corrected chi connectivity index (χ3v) is 7.47. The molecule has 1 fully saturated rings. The van der Waals surface area contributed by atoms with E-state index in [1.807, 2.05) is 12.1 Å². The number of rotatable bonds is 15. The van der Waals surface area contributed by atoms with Gasteiger partial charge < -0.3 is 9.47 Å². The topological polar surface area (TPSA) is 66.5 Å². The molecule has 0 amide bonds. The minimum atomic E-state index is -0.373. The third kappa shape index (κ3) is 10.9. The molecule has 2 aromatic rings. The molecule has 0 spiro atoms. The van der Waals surface area contributed by atoms with Gasteiger partial charge in [0.15, 0.2) is 0 Å². The van der Waals surface area contributed by atoms with Crippen molar-refractivity contribution in [2.24, 2.45) is 5.41 Å². The van der Waals surface area contributed by atoms with Crippen LogP contribution in [-0.2, 0) is 23.7 Å². The van der Waals surface area contributed by atoms with Gasteiger partial charge in [0.05, 0.1) is 26.4 Å². The number of aryl methyl sites for hydroxylation is 1. The number of hydrogen-bond donors (Lipinski definition) is 0. The average Bonchev–Trinajstić information content (AvgIpc) is 3.61. The first kappa shape index (κ1) is 25.9. The maximum absolute atomic E-state index is 11.9. The molecule has 1 unspecified atom stereocenters. The number of carbonyl (C=O) groups excluding carboxylic acids is 1. The molecule has 0 N–H and O–H groups in total. The Morgan fingerprint density at radius 1 is 1.00 bits per heavy atom. The van der Waals surface area contributed by atoms with Crippen molar-refractivity contribution in [1.29, 1.82) is 0 Å². The summed E-state index contributed by atoms with van der Waals surface area (Å²) in [5, 5.41) is 0. The van der Waals surface area contributed by atoms with Gasteiger partial charge in [-0.2, -0.15) is 0 Å². The summed E-state index contributed by atoms with van der Waals surface area (Å²) >= 11 is -0.216. The Kier molecular flexibility index (Phi) is 10.4. The number of ether oxygens (including phenoxy) is 5. The van der Waals surface area contributed by atoms with Crippen LogP contribution in [0.1, 0.15) is 25.8 Å². The second-order valence-corrected chi connectivity index (χ2v) is 11.9. The van der Waals surface area contributed by atoms with Crippen molar-refractivity contribution in [3.05, 3.63) is 61.2 Å². The summed E-state index contributed by atoms with van der Waals surface area (Å²) in [7, 11) is 0. The van der Waals surface area contributed by atoms with Gasteiger partial charge >= 0.3 is 146 Å². The second-order valence-electron chi connectivity index (χ2n) is 8.89. The quantitative estimate of drug-likeness (QED) is 0.138. The van der Waals surface area contributed by atoms with Gasteiger partial charge in [0.25, 0.3) is 0 Å². The molecule has 0 aromatic heterocycles. The molecular weight excluding hydrogens is 535 g/mol. The van der Waals surface area contributed by atoms with Crippen molar-refractivity contribution >= 4 is 5.97 Å². The number of benzene rings is 2. The summed E-state index contributed by atoms with van der Waals surface area (Å²) in [6.45, 7) is 9.76. The van der Waals surface area contributed by atoms with E-state index in [2.05, 4.69) is 57.2 Å². The van der Waals surface area contributed by atoms with E-state index in [1.165, 1.54) is 12.7 Å². The molecule has 0 radical (unpaired) electrons. The Hall–Kier alpha value is -1.68. The average molecular weight is 569 g/mol. The van der Waals surface area contributed by atoms with Crippen LogP contribution in [0.2, 0.25) is 0 Å². The Morgan fingerprint density at radius 2 is 1.64 bits per heavy atom. The van der Waals surface area contributed by atoms with Gasteiger partial charge in [-0.05, 0) is 0 Å². The van der Waals surface area contributed by atoms with E-state index in [0.29, 0.717) is 45.2 Å². The Labute approximate surface area is 207 Å². The zero-order valence-electron chi connectivity index (χ0n) is 19.7. The predicted molar refractivity (Wildman–Crippen MR) is 121 cm³/mol. The van der Waals surface area contributed by atoms with Gasteiger partial charge in [-0.25, -0.2) is 0 Å². The SMILES string of the molecule is Cc1ccc([I-]c2ccc(OCC(=O)OCCCOCC(C)(C)COCC3CO3)cc2)cc1. The van der Waals surface area contributed by atoms with E-state index in [0.717, 1.165) is 6.61 Å². The molecule has 3 rings (SSSR count). The Bertz CT molecular complexity index is 846. The van der Waals surface area contributed by atoms with E-state index in [-0.39, 0.29) is 45.3 Å². The van der Waals surface area contributed by atoms with Crippen LogP contribution in [-0.4, -0.2) is 58.3 Å². The van der Waals surface area contributed by atoms with E-state index >= 15 is 0 Å². The van der Waals surface area contributed by atoms with Crippen molar-refractivity contribution in [3.8, 4) is 5.75 Å². The summed E-state index contributed by atoms with van der Waals surface area (Å²) in [6, 6.07) is 16.6. The van der Waals surface area contributed by atoms with Gasteiger partial charge in [-0.1, -0.05) is 13.8 Å². The molecule has 6 nitrogen and oxygen atoms in total. The molecule has 2 aromatic carbocycles. The molecule has 1 atom stereocenters. The van der Waals surface area contributed by atoms with E-state index < -0.39 is 0 Å². The van der Waals surface area contributed by atoms with E-state index in [4.69, 9.17) is 23.7 Å². The molecular formula is C26H34IO6-. The summed E-state index contributed by atoms with van der Waals surface area (Å²) in [4.78, 5) is 11.9. The Balaban J connectivity index is 1.22. The van der Waals surface area contributed by atoms with Crippen LogP contribution >= 0.6 is 0 Å². The van der Waals surface area contributed by atoms with Crippen LogP contribution in [0.4, 0.5) is 0 Å². The van der Waals surface area contributed by atoms with E-state index in [9.17, 15) is 4.79 Å². The van der Waals surface area contributed by atoms with Crippen molar-refractivity contribution < 1.29 is 49.7 Å². The van der Waals surface area contributed by atoms with E-state index in [1.54, 1.807) is 0 Å². The van der Waals surface area contributed by atoms with Gasteiger partial charge in [0, 0.05) is 5.41 Å². The maximum atomic E-state index is 11.9. The van der Waals surface area contributed by atoms with Crippen molar-refractivity contribution in [2.45, 2.75) is 33.3 Å². The fourth-order valence-corrected chi connectivity index (χ4v) is 5.03. The van der Waals surface area contributed by atoms with Gasteiger partial charge in [-0.15, -0.1) is 0 Å². The standard InChI is InChI=1S/C26H34IO6/c1-20-5-7-21(8-6-20)27-22-9-11-23(12-10-22)33-17-25(28)31-14-4-13-29-18-26(2,3)19-30-15-24-16-32-24/h5-12,24H,4,13-19H2,1-3H3/q-1. The fraction of sp³-hybridized carbons (Fsp3) is 0.500. The molecule has 7 heteroatoms. The summed E-state index contributed by atoms with van der Waals surface area (Å²) in [6.07, 6.45) is 0.931. The van der Waals surface area contributed by atoms with Gasteiger partial charge in [0.1, 0.15) is 6.10 Å². The molecule has 33 heavy (non-hydrogen) atoms. The monoisotopic (exact) mass is 569 g/mol. The molecule has 1 heterocycles. The normalized spacial score (nSPS) is 15.4. The molecule has 182 valence electrons. The summed E-state index contributed by atoms with van der Waals surface area (Å²) in [5.74, 6) is 0.298. The van der Waals surface area contributed by atoms with Crippen LogP contribution in [0, 0.1) is 19.5 Å². The predicted octanol–water partition coefficient (Wildman–Crippen LogP) is 0.894. The molecule has 1 aliphatic heterocycles. The van der Waals surface area contributed by atoms with Gasteiger partial charge in [0.2, 0.25) is 0 Å². The van der Waals surface area contributed by atoms with Crippen molar-refractivity contribution in [1.82, 2.24) is 0 Å². The summed E-state index contributed by atoms with van der Waals surface area (Å²) in [5.41, 5.74) is 1.22. The minimum absolute atomic E-state index is 0.0585. The molecule has 1 saturated heterocycles. The Morgan fingerprint density at radius 3 is 2.30 bits per heavy atom. The first-order valence-corrected chi connectivity index (χ1v) is 13.4. The number of hydrogen-bond acceptors (Lipinski definition) is 6. The van der Waals surface area contributed by atoms with Crippen LogP contribution in [0.25, 0.3) is 0 Å². The second kappa shape index (κ2) is 13.3. The molecule has 0 aliphatic carbocycles. The zero-order chi connectivity index (χ0) is 23.5. The fourth-order valence-electron chi connectivity index (χ4n) is 2.87. The first-order valence-electron chi connectivity index (χ1n) is 11.3. The molecule has 0 saturated carbocycles. The van der Waals surface area contributed by atoms with Gasteiger partial charge in [-0.3, -0.25) is 0 Å².